The van der Waals surface area contributed by atoms with Gasteiger partial charge in [0.2, 0.25) is 0 Å². The van der Waals surface area contributed by atoms with Gasteiger partial charge in [-0.25, -0.2) is 4.98 Å². The summed E-state index contributed by atoms with van der Waals surface area (Å²) in [5, 5.41) is 2.13. The van der Waals surface area contributed by atoms with Crippen LogP contribution in [0.5, 0.6) is 0 Å². The highest BCUT2D eigenvalue weighted by molar-refractivity contribution is 6.35. The van der Waals surface area contributed by atoms with Gasteiger partial charge in [0, 0.05) is 36.9 Å². The molecular formula is C17H10Cl4N2. The maximum Gasteiger partial charge on any atom is 0.0731 e. The number of pyridine rings is 1. The Morgan fingerprint density at radius 2 is 0.913 bits per heavy atom. The van der Waals surface area contributed by atoms with Crippen molar-refractivity contribution in [3.63, 3.8) is 0 Å². The Bertz CT molecular complexity index is 784. The van der Waals surface area contributed by atoms with E-state index in [4.69, 9.17) is 52.1 Å². The van der Waals surface area contributed by atoms with Crippen molar-refractivity contribution in [3.8, 4) is 22.5 Å². The summed E-state index contributed by atoms with van der Waals surface area (Å²) in [5.74, 6) is 0. The lowest BCUT2D eigenvalue weighted by molar-refractivity contribution is 1.32. The van der Waals surface area contributed by atoms with Crippen LogP contribution in [0.1, 0.15) is 0 Å². The number of hydrogen-bond acceptors (Lipinski definition) is 2. The molecule has 0 aliphatic carbocycles. The summed E-state index contributed by atoms with van der Waals surface area (Å²) in [5.41, 5.74) is 9.48. The summed E-state index contributed by atoms with van der Waals surface area (Å²) in [6, 6.07) is 14.0. The lowest BCUT2D eigenvalue weighted by Crippen LogP contribution is -1.93. The normalized spacial score (nSPS) is 10.8. The topological polar surface area (TPSA) is 38.9 Å². The van der Waals surface area contributed by atoms with E-state index in [2.05, 4.69) is 4.98 Å². The van der Waals surface area contributed by atoms with Crippen molar-refractivity contribution in [2.24, 2.45) is 0 Å². The molecule has 23 heavy (non-hydrogen) atoms. The van der Waals surface area contributed by atoms with Crippen LogP contribution in [0, 0.1) is 0 Å². The van der Waals surface area contributed by atoms with Crippen LogP contribution in [0.2, 0.25) is 20.1 Å². The molecule has 0 aliphatic rings. The van der Waals surface area contributed by atoms with Crippen molar-refractivity contribution < 1.29 is 0 Å². The molecule has 0 bridgehead atoms. The molecular weight excluding hydrogens is 374 g/mol. The van der Waals surface area contributed by atoms with Crippen LogP contribution in [-0.4, -0.2) is 4.98 Å². The molecule has 0 radical (unpaired) electrons. The molecule has 2 nitrogen and oxygen atoms in total. The second-order valence-corrected chi connectivity index (χ2v) is 6.73. The molecule has 116 valence electrons. The minimum Gasteiger partial charge on any atom is -0.399 e. The first-order chi connectivity index (χ1) is 10.9. The molecule has 3 rings (SSSR count). The van der Waals surface area contributed by atoms with Crippen molar-refractivity contribution in [2.45, 2.75) is 0 Å². The number of benzene rings is 2. The van der Waals surface area contributed by atoms with Crippen molar-refractivity contribution in [1.29, 1.82) is 0 Å². The molecule has 0 atom stereocenters. The maximum absolute atomic E-state index is 6.06. The molecule has 2 N–H and O–H groups in total. The Hall–Kier alpha value is -1.45. The monoisotopic (exact) mass is 382 g/mol. The molecule has 0 spiro atoms. The molecule has 0 amide bonds. The van der Waals surface area contributed by atoms with Gasteiger partial charge in [-0.15, -0.1) is 0 Å². The van der Waals surface area contributed by atoms with Crippen LogP contribution >= 0.6 is 46.4 Å². The fraction of sp³-hybridized carbons (Fsp3) is 0. The average Bonchev–Trinajstić information content (AvgIpc) is 2.44. The van der Waals surface area contributed by atoms with Gasteiger partial charge in [-0.1, -0.05) is 46.4 Å². The zero-order valence-corrected chi connectivity index (χ0v) is 14.7. The van der Waals surface area contributed by atoms with Gasteiger partial charge in [-0.3, -0.25) is 0 Å². The van der Waals surface area contributed by atoms with Crippen LogP contribution in [0.25, 0.3) is 22.5 Å². The summed E-state index contributed by atoms with van der Waals surface area (Å²) in [7, 11) is 0. The predicted octanol–water partition coefficient (Wildman–Crippen LogP) is 6.61. The van der Waals surface area contributed by atoms with E-state index in [0.717, 1.165) is 11.1 Å². The van der Waals surface area contributed by atoms with Crippen molar-refractivity contribution in [2.75, 3.05) is 5.73 Å². The quantitative estimate of drug-likeness (QED) is 0.540. The number of rotatable bonds is 2. The van der Waals surface area contributed by atoms with Crippen LogP contribution < -0.4 is 5.73 Å². The van der Waals surface area contributed by atoms with Gasteiger partial charge in [-0.05, 0) is 48.5 Å². The van der Waals surface area contributed by atoms with E-state index in [0.29, 0.717) is 37.2 Å². The van der Waals surface area contributed by atoms with Gasteiger partial charge >= 0.3 is 0 Å². The Balaban J connectivity index is 2.16. The summed E-state index contributed by atoms with van der Waals surface area (Å²) < 4.78 is 0. The van der Waals surface area contributed by atoms with E-state index >= 15 is 0 Å². The number of halogens is 4. The molecule has 3 aromatic rings. The third kappa shape index (κ3) is 3.91. The first kappa shape index (κ1) is 16.4. The fourth-order valence-corrected chi connectivity index (χ4v) is 3.30. The number of nitrogen functional groups attached to an aromatic ring is 1. The Labute approximate surface area is 153 Å². The second kappa shape index (κ2) is 6.58. The van der Waals surface area contributed by atoms with E-state index in [-0.39, 0.29) is 0 Å². The highest BCUT2D eigenvalue weighted by Crippen LogP contribution is 2.31. The van der Waals surface area contributed by atoms with Crippen molar-refractivity contribution in [1.82, 2.24) is 4.98 Å². The van der Waals surface area contributed by atoms with Crippen molar-refractivity contribution >= 4 is 52.1 Å². The second-order valence-electron chi connectivity index (χ2n) is 4.99. The zero-order valence-electron chi connectivity index (χ0n) is 11.7. The number of nitrogens with zero attached hydrogens (tertiary/aromatic N) is 1. The van der Waals surface area contributed by atoms with Crippen LogP contribution in [-0.2, 0) is 0 Å². The van der Waals surface area contributed by atoms with Gasteiger partial charge in [0.15, 0.2) is 0 Å². The maximum atomic E-state index is 6.06. The molecule has 2 aromatic carbocycles. The highest BCUT2D eigenvalue weighted by atomic mass is 35.5. The third-order valence-electron chi connectivity index (χ3n) is 3.16. The molecule has 6 heteroatoms. The lowest BCUT2D eigenvalue weighted by Gasteiger charge is -2.09. The fourth-order valence-electron chi connectivity index (χ4n) is 2.25. The Kier molecular flexibility index (Phi) is 4.69. The van der Waals surface area contributed by atoms with Crippen LogP contribution in [0.3, 0.4) is 0 Å². The smallest absolute Gasteiger partial charge is 0.0731 e. The Morgan fingerprint density at radius 1 is 0.565 bits per heavy atom. The number of nitrogens with two attached hydrogens (primary N) is 1. The van der Waals surface area contributed by atoms with E-state index < -0.39 is 0 Å². The number of hydrogen-bond donors (Lipinski definition) is 1. The van der Waals surface area contributed by atoms with E-state index in [1.54, 1.807) is 48.5 Å². The zero-order chi connectivity index (χ0) is 16.6. The summed E-state index contributed by atoms with van der Waals surface area (Å²) >= 11 is 24.2. The minimum absolute atomic E-state index is 0.532. The summed E-state index contributed by atoms with van der Waals surface area (Å²) in [6.45, 7) is 0. The first-order valence-corrected chi connectivity index (χ1v) is 8.12. The van der Waals surface area contributed by atoms with Gasteiger partial charge in [0.1, 0.15) is 0 Å². The number of anilines is 1. The SMILES string of the molecule is Nc1cc(-c2cc(Cl)cc(Cl)c2)nc(-c2cc(Cl)cc(Cl)c2)c1. The first-order valence-electron chi connectivity index (χ1n) is 6.61. The summed E-state index contributed by atoms with van der Waals surface area (Å²) in [6.07, 6.45) is 0. The minimum atomic E-state index is 0.532. The van der Waals surface area contributed by atoms with Gasteiger partial charge in [0.05, 0.1) is 11.4 Å². The lowest BCUT2D eigenvalue weighted by atomic mass is 10.1. The van der Waals surface area contributed by atoms with Gasteiger partial charge in [0.25, 0.3) is 0 Å². The number of aromatic nitrogens is 1. The third-order valence-corrected chi connectivity index (χ3v) is 4.04. The van der Waals surface area contributed by atoms with E-state index in [9.17, 15) is 0 Å². The largest absolute Gasteiger partial charge is 0.399 e. The highest BCUT2D eigenvalue weighted by Gasteiger charge is 2.09. The molecule has 0 fully saturated rings. The molecule has 1 aromatic heterocycles. The van der Waals surface area contributed by atoms with Crippen LogP contribution in [0.4, 0.5) is 5.69 Å². The van der Waals surface area contributed by atoms with Crippen LogP contribution in [0.15, 0.2) is 48.5 Å². The average molecular weight is 384 g/mol. The molecule has 1 heterocycles. The van der Waals surface area contributed by atoms with Gasteiger partial charge < -0.3 is 5.73 Å². The Morgan fingerprint density at radius 3 is 1.26 bits per heavy atom. The van der Waals surface area contributed by atoms with Gasteiger partial charge in [-0.2, -0.15) is 0 Å². The predicted molar refractivity (Wildman–Crippen MR) is 99.6 cm³/mol. The molecule has 0 saturated carbocycles. The summed E-state index contributed by atoms with van der Waals surface area (Å²) in [4.78, 5) is 4.62. The molecule has 0 unspecified atom stereocenters. The van der Waals surface area contributed by atoms with Crippen molar-refractivity contribution in [3.05, 3.63) is 68.6 Å². The molecule has 0 saturated heterocycles. The van der Waals surface area contributed by atoms with E-state index in [1.165, 1.54) is 0 Å². The standard InChI is InChI=1S/C17H10Cl4N2/c18-11-1-9(2-12(19)5-11)16-7-15(22)8-17(23-16)10-3-13(20)6-14(21)4-10/h1-8H,(H2,22,23). The molecule has 0 aliphatic heterocycles. The van der Waals surface area contributed by atoms with E-state index in [1.807, 2.05) is 0 Å².